The number of benzene rings is 1. The van der Waals surface area contributed by atoms with Gasteiger partial charge in [-0.25, -0.2) is 4.98 Å². The molecule has 5 heteroatoms. The predicted molar refractivity (Wildman–Crippen MR) is 95.9 cm³/mol. The maximum atomic E-state index is 12.1. The second-order valence-corrected chi connectivity index (χ2v) is 6.12. The van der Waals surface area contributed by atoms with Crippen molar-refractivity contribution >= 4 is 28.3 Å². The van der Waals surface area contributed by atoms with Crippen molar-refractivity contribution in [1.82, 2.24) is 15.3 Å². The van der Waals surface area contributed by atoms with Gasteiger partial charge >= 0.3 is 0 Å². The summed E-state index contributed by atoms with van der Waals surface area (Å²) in [6.07, 6.45) is 6.40. The van der Waals surface area contributed by atoms with Crippen LogP contribution in [0.1, 0.15) is 34.5 Å². The molecule has 0 bridgehead atoms. The van der Waals surface area contributed by atoms with Crippen LogP contribution >= 0.6 is 0 Å². The number of amides is 1. The lowest BCUT2D eigenvalue weighted by Crippen LogP contribution is -2.19. The maximum Gasteiger partial charge on any atom is 0.253 e. The highest BCUT2D eigenvalue weighted by Gasteiger charge is 2.19. The van der Waals surface area contributed by atoms with Crippen LogP contribution in [0.15, 0.2) is 36.5 Å². The normalized spacial score (nSPS) is 13.5. The topological polar surface area (TPSA) is 69.8 Å². The van der Waals surface area contributed by atoms with E-state index in [4.69, 9.17) is 0 Å². The number of pyridine rings is 1. The molecule has 0 saturated carbocycles. The Morgan fingerprint density at radius 3 is 2.83 bits per heavy atom. The first kappa shape index (κ1) is 14.8. The van der Waals surface area contributed by atoms with E-state index < -0.39 is 0 Å². The molecular weight excluding hydrogens is 300 g/mol. The van der Waals surface area contributed by atoms with Crippen molar-refractivity contribution in [3.8, 4) is 0 Å². The zero-order valence-corrected chi connectivity index (χ0v) is 13.6. The van der Waals surface area contributed by atoms with Gasteiger partial charge in [0.25, 0.3) is 5.91 Å². The summed E-state index contributed by atoms with van der Waals surface area (Å²) in [5.41, 5.74) is 6.02. The number of aromatic amines is 1. The number of nitrogens with one attached hydrogen (secondary N) is 3. The van der Waals surface area contributed by atoms with Crippen LogP contribution in [0.4, 0.5) is 11.4 Å². The van der Waals surface area contributed by atoms with Gasteiger partial charge in [0.05, 0.1) is 16.9 Å². The molecule has 0 fully saturated rings. The predicted octanol–water partition coefficient (Wildman–Crippen LogP) is 3.54. The number of hydrogen-bond donors (Lipinski definition) is 3. The Hall–Kier alpha value is -2.82. The van der Waals surface area contributed by atoms with E-state index in [1.807, 2.05) is 30.3 Å². The number of hydrogen-bond acceptors (Lipinski definition) is 3. The van der Waals surface area contributed by atoms with Gasteiger partial charge in [-0.1, -0.05) is 12.1 Å². The molecule has 5 nitrogen and oxygen atoms in total. The summed E-state index contributed by atoms with van der Waals surface area (Å²) < 4.78 is 0. The fourth-order valence-electron chi connectivity index (χ4n) is 3.50. The van der Waals surface area contributed by atoms with E-state index in [2.05, 4.69) is 20.6 Å². The lowest BCUT2D eigenvalue weighted by Gasteiger charge is -2.14. The van der Waals surface area contributed by atoms with Gasteiger partial charge in [-0.05, 0) is 49.4 Å². The number of para-hydroxylation sites is 1. The summed E-state index contributed by atoms with van der Waals surface area (Å²) in [6.45, 7) is 0. The number of nitrogens with zero attached hydrogens (tertiary/aromatic N) is 1. The van der Waals surface area contributed by atoms with E-state index in [0.29, 0.717) is 5.56 Å². The van der Waals surface area contributed by atoms with Gasteiger partial charge in [0.2, 0.25) is 0 Å². The molecule has 0 atom stereocenters. The molecule has 0 saturated heterocycles. The molecule has 0 unspecified atom stereocenters. The number of aryl methyl sites for hydroxylation is 2. The molecule has 3 aromatic rings. The van der Waals surface area contributed by atoms with Gasteiger partial charge in [-0.2, -0.15) is 0 Å². The summed E-state index contributed by atoms with van der Waals surface area (Å²) in [4.78, 5) is 20.0. The second kappa shape index (κ2) is 6.00. The molecule has 4 rings (SSSR count). The van der Waals surface area contributed by atoms with Gasteiger partial charge in [0, 0.05) is 24.3 Å². The molecule has 1 aliphatic rings. The number of H-pyrrole nitrogens is 1. The summed E-state index contributed by atoms with van der Waals surface area (Å²) in [5, 5.41) is 7.29. The maximum absolute atomic E-state index is 12.1. The minimum Gasteiger partial charge on any atom is -0.355 e. The van der Waals surface area contributed by atoms with Gasteiger partial charge in [0.15, 0.2) is 0 Å². The molecule has 2 aromatic heterocycles. The summed E-state index contributed by atoms with van der Waals surface area (Å²) >= 11 is 0. The first-order valence-corrected chi connectivity index (χ1v) is 8.34. The van der Waals surface area contributed by atoms with Gasteiger partial charge in [-0.15, -0.1) is 0 Å². The third-order valence-electron chi connectivity index (χ3n) is 4.66. The Kier molecular flexibility index (Phi) is 3.69. The molecule has 122 valence electrons. The molecule has 1 aliphatic carbocycles. The molecule has 0 aliphatic heterocycles. The Morgan fingerprint density at radius 2 is 1.96 bits per heavy atom. The highest BCUT2D eigenvalue weighted by atomic mass is 16.1. The first-order chi connectivity index (χ1) is 11.8. The van der Waals surface area contributed by atoms with Gasteiger partial charge < -0.3 is 15.6 Å². The zero-order chi connectivity index (χ0) is 16.5. The Morgan fingerprint density at radius 1 is 1.12 bits per heavy atom. The molecule has 24 heavy (non-hydrogen) atoms. The van der Waals surface area contributed by atoms with Crippen LogP contribution in [0.3, 0.4) is 0 Å². The summed E-state index contributed by atoms with van der Waals surface area (Å²) in [7, 11) is 1.65. The molecule has 0 spiro atoms. The Balaban J connectivity index is 1.81. The fourth-order valence-corrected chi connectivity index (χ4v) is 3.50. The van der Waals surface area contributed by atoms with Crippen molar-refractivity contribution < 1.29 is 4.79 Å². The van der Waals surface area contributed by atoms with Crippen LogP contribution in [0.2, 0.25) is 0 Å². The lowest BCUT2D eigenvalue weighted by atomic mass is 9.95. The SMILES string of the molecule is CNC(=O)c1ccccc1Nc1ccnc2[nH]c3c(c12)CCCC3. The minimum absolute atomic E-state index is 0.0977. The van der Waals surface area contributed by atoms with E-state index in [-0.39, 0.29) is 5.91 Å². The molecular formula is C19H20N4O. The van der Waals surface area contributed by atoms with E-state index in [1.54, 1.807) is 13.2 Å². The van der Waals surface area contributed by atoms with Crippen molar-refractivity contribution in [1.29, 1.82) is 0 Å². The monoisotopic (exact) mass is 320 g/mol. The Labute approximate surface area is 140 Å². The molecule has 0 radical (unpaired) electrons. The first-order valence-electron chi connectivity index (χ1n) is 8.34. The second-order valence-electron chi connectivity index (χ2n) is 6.12. The third-order valence-corrected chi connectivity index (χ3v) is 4.66. The average Bonchev–Trinajstić information content (AvgIpc) is 3.01. The zero-order valence-electron chi connectivity index (χ0n) is 13.6. The van der Waals surface area contributed by atoms with E-state index in [9.17, 15) is 4.79 Å². The smallest absolute Gasteiger partial charge is 0.253 e. The highest BCUT2D eigenvalue weighted by Crippen LogP contribution is 2.34. The van der Waals surface area contributed by atoms with Crippen molar-refractivity contribution in [2.75, 3.05) is 12.4 Å². The number of anilines is 2. The minimum atomic E-state index is -0.0977. The van der Waals surface area contributed by atoms with E-state index in [1.165, 1.54) is 24.1 Å². The standard InChI is InChI=1S/C19H20N4O/c1-20-19(24)13-7-3-5-9-15(13)22-16-10-11-21-18-17(16)12-6-2-4-8-14(12)23-18/h3,5,7,9-11H,2,4,6,8H2,1H3,(H,20,24)(H2,21,22,23). The van der Waals surface area contributed by atoms with Crippen LogP contribution in [0.5, 0.6) is 0 Å². The van der Waals surface area contributed by atoms with Crippen LogP contribution in [0, 0.1) is 0 Å². The van der Waals surface area contributed by atoms with E-state index >= 15 is 0 Å². The van der Waals surface area contributed by atoms with Crippen LogP contribution in [-0.4, -0.2) is 22.9 Å². The van der Waals surface area contributed by atoms with Gasteiger partial charge in [-0.3, -0.25) is 4.79 Å². The third kappa shape index (κ3) is 2.42. The van der Waals surface area contributed by atoms with Crippen molar-refractivity contribution in [2.24, 2.45) is 0 Å². The molecule has 1 amide bonds. The fraction of sp³-hybridized carbons (Fsp3) is 0.263. The highest BCUT2D eigenvalue weighted by molar-refractivity contribution is 6.02. The molecule has 1 aromatic carbocycles. The number of rotatable bonds is 3. The average molecular weight is 320 g/mol. The van der Waals surface area contributed by atoms with Crippen LogP contribution in [0.25, 0.3) is 11.0 Å². The lowest BCUT2D eigenvalue weighted by molar-refractivity contribution is 0.0964. The van der Waals surface area contributed by atoms with Crippen molar-refractivity contribution in [3.05, 3.63) is 53.3 Å². The summed E-state index contributed by atoms with van der Waals surface area (Å²) in [6, 6.07) is 9.53. The molecule has 2 heterocycles. The van der Waals surface area contributed by atoms with Crippen LogP contribution < -0.4 is 10.6 Å². The number of carbonyl (C=O) groups excluding carboxylic acids is 1. The quantitative estimate of drug-likeness (QED) is 0.691. The van der Waals surface area contributed by atoms with Crippen molar-refractivity contribution in [3.63, 3.8) is 0 Å². The number of aromatic nitrogens is 2. The Bertz CT molecular complexity index is 913. The van der Waals surface area contributed by atoms with Gasteiger partial charge in [0.1, 0.15) is 5.65 Å². The van der Waals surface area contributed by atoms with Crippen LogP contribution in [-0.2, 0) is 12.8 Å². The number of carbonyl (C=O) groups is 1. The van der Waals surface area contributed by atoms with Crippen molar-refractivity contribution in [2.45, 2.75) is 25.7 Å². The largest absolute Gasteiger partial charge is 0.355 e. The molecule has 3 N–H and O–H groups in total. The number of fused-ring (bicyclic) bond motifs is 3. The van der Waals surface area contributed by atoms with E-state index in [0.717, 1.165) is 35.2 Å². The summed E-state index contributed by atoms with van der Waals surface area (Å²) in [5.74, 6) is -0.0977.